The Morgan fingerprint density at radius 2 is 1.68 bits per heavy atom. The zero-order chi connectivity index (χ0) is 20.2. The third kappa shape index (κ3) is 8.12. The van der Waals surface area contributed by atoms with Gasteiger partial charge in [-0.05, 0) is 37.7 Å². The smallest absolute Gasteiger partial charge is 0.238 e. The van der Waals surface area contributed by atoms with Gasteiger partial charge in [0.05, 0.1) is 18.8 Å². The highest BCUT2D eigenvalue weighted by atomic mass is 32.2. The molecule has 0 bridgehead atoms. The summed E-state index contributed by atoms with van der Waals surface area (Å²) in [6, 6.07) is 17.7. The molecule has 2 aromatic rings. The molecule has 2 aromatic carbocycles. The maximum atomic E-state index is 12.4. The molecule has 0 heterocycles. The number of hydrogen-bond donors (Lipinski definition) is 2. The van der Waals surface area contributed by atoms with Gasteiger partial charge in [-0.25, -0.2) is 0 Å². The zero-order valence-corrected chi connectivity index (χ0v) is 17.1. The van der Waals surface area contributed by atoms with Gasteiger partial charge in [-0.3, -0.25) is 14.5 Å². The first-order valence-electron chi connectivity index (χ1n) is 9.14. The fourth-order valence-electron chi connectivity index (χ4n) is 2.51. The van der Waals surface area contributed by atoms with Gasteiger partial charge in [0.25, 0.3) is 0 Å². The molecular weight excluding hydrogens is 374 g/mol. The number of nitrogens with zero attached hydrogens (tertiary/aromatic N) is 1. The van der Waals surface area contributed by atoms with Gasteiger partial charge < -0.3 is 15.4 Å². The average molecular weight is 402 g/mol. The number of carbonyl (C=O) groups excluding carboxylic acids is 2. The highest BCUT2D eigenvalue weighted by Gasteiger charge is 2.12. The van der Waals surface area contributed by atoms with Gasteiger partial charge in [0.1, 0.15) is 0 Å². The van der Waals surface area contributed by atoms with E-state index in [0.29, 0.717) is 13.2 Å². The van der Waals surface area contributed by atoms with Crippen LogP contribution in [0.1, 0.15) is 6.42 Å². The van der Waals surface area contributed by atoms with Crippen molar-refractivity contribution in [3.05, 3.63) is 54.6 Å². The van der Waals surface area contributed by atoms with Gasteiger partial charge in [0.15, 0.2) is 0 Å². The predicted octanol–water partition coefficient (Wildman–Crippen LogP) is 2.86. The second-order valence-electron chi connectivity index (χ2n) is 6.33. The molecular formula is C21H27N3O3S. The van der Waals surface area contributed by atoms with Crippen molar-refractivity contribution in [2.24, 2.45) is 0 Å². The molecule has 2 rings (SSSR count). The van der Waals surface area contributed by atoms with Crippen molar-refractivity contribution in [3.63, 3.8) is 0 Å². The van der Waals surface area contributed by atoms with E-state index in [0.717, 1.165) is 21.9 Å². The Balaban J connectivity index is 1.83. The molecule has 6 nitrogen and oxygen atoms in total. The van der Waals surface area contributed by atoms with Crippen LogP contribution in [-0.4, -0.2) is 57.1 Å². The number of anilines is 1. The Hall–Kier alpha value is -2.35. The molecule has 0 aliphatic rings. The number of methoxy groups -OCH3 is 1. The summed E-state index contributed by atoms with van der Waals surface area (Å²) in [5, 5.41) is 5.76. The molecule has 0 spiro atoms. The number of nitrogens with one attached hydrogen (secondary N) is 2. The van der Waals surface area contributed by atoms with Crippen molar-refractivity contribution in [2.75, 3.05) is 45.7 Å². The van der Waals surface area contributed by atoms with Crippen LogP contribution in [0.15, 0.2) is 64.4 Å². The first-order valence-corrected chi connectivity index (χ1v) is 9.96. The summed E-state index contributed by atoms with van der Waals surface area (Å²) in [6.07, 6.45) is 0.766. The van der Waals surface area contributed by atoms with E-state index in [-0.39, 0.29) is 24.9 Å². The first-order chi connectivity index (χ1) is 13.6. The van der Waals surface area contributed by atoms with Crippen LogP contribution in [0.3, 0.4) is 0 Å². The first kappa shape index (κ1) is 21.9. The molecule has 2 amide bonds. The standard InChI is InChI=1S/C21H27N3O3S/c1-24(15-20(25)22-13-8-14-27-2)16-21(26)23-18-11-6-7-12-19(18)28-17-9-4-3-5-10-17/h3-7,9-12H,8,13-16H2,1-2H3,(H,22,25)(H,23,26). The van der Waals surface area contributed by atoms with Crippen LogP contribution >= 0.6 is 11.8 Å². The van der Waals surface area contributed by atoms with Gasteiger partial charge in [0, 0.05) is 30.1 Å². The van der Waals surface area contributed by atoms with Crippen LogP contribution in [0.25, 0.3) is 0 Å². The van der Waals surface area contributed by atoms with Gasteiger partial charge in [0.2, 0.25) is 11.8 Å². The summed E-state index contributed by atoms with van der Waals surface area (Å²) in [6.45, 7) is 1.48. The quantitative estimate of drug-likeness (QED) is 0.567. The monoisotopic (exact) mass is 401 g/mol. The van der Waals surface area contributed by atoms with Crippen molar-refractivity contribution in [1.29, 1.82) is 0 Å². The Morgan fingerprint density at radius 1 is 1.00 bits per heavy atom. The number of hydrogen-bond acceptors (Lipinski definition) is 5. The Kier molecular flexibility index (Phi) is 9.54. The third-order valence-electron chi connectivity index (χ3n) is 3.81. The third-order valence-corrected chi connectivity index (χ3v) is 4.89. The van der Waals surface area contributed by atoms with Crippen LogP contribution in [0.5, 0.6) is 0 Å². The number of amides is 2. The van der Waals surface area contributed by atoms with Gasteiger partial charge in [-0.2, -0.15) is 0 Å². The van der Waals surface area contributed by atoms with Gasteiger partial charge in [-0.15, -0.1) is 0 Å². The van der Waals surface area contributed by atoms with Crippen molar-refractivity contribution in [2.45, 2.75) is 16.2 Å². The second kappa shape index (κ2) is 12.2. The minimum atomic E-state index is -0.157. The van der Waals surface area contributed by atoms with Gasteiger partial charge in [-0.1, -0.05) is 42.1 Å². The van der Waals surface area contributed by atoms with Gasteiger partial charge >= 0.3 is 0 Å². The number of para-hydroxylation sites is 1. The molecule has 0 atom stereocenters. The lowest BCUT2D eigenvalue weighted by Crippen LogP contribution is -2.39. The maximum absolute atomic E-state index is 12.4. The molecule has 7 heteroatoms. The number of rotatable bonds is 11. The average Bonchev–Trinajstić information content (AvgIpc) is 2.67. The minimum absolute atomic E-state index is 0.105. The number of ether oxygens (including phenoxy) is 1. The lowest BCUT2D eigenvalue weighted by molar-refractivity contribution is -0.123. The van der Waals surface area contributed by atoms with E-state index in [1.807, 2.05) is 54.6 Å². The van der Waals surface area contributed by atoms with Crippen molar-refractivity contribution in [1.82, 2.24) is 10.2 Å². The lowest BCUT2D eigenvalue weighted by Gasteiger charge is -2.17. The molecule has 0 radical (unpaired) electrons. The summed E-state index contributed by atoms with van der Waals surface area (Å²) < 4.78 is 4.94. The maximum Gasteiger partial charge on any atom is 0.238 e. The fraction of sp³-hybridized carbons (Fsp3) is 0.333. The van der Waals surface area contributed by atoms with Crippen molar-refractivity contribution in [3.8, 4) is 0 Å². The Morgan fingerprint density at radius 3 is 2.43 bits per heavy atom. The molecule has 0 fully saturated rings. The number of benzene rings is 2. The molecule has 2 N–H and O–H groups in total. The summed E-state index contributed by atoms with van der Waals surface area (Å²) in [4.78, 5) is 28.0. The van der Waals surface area contributed by atoms with Crippen LogP contribution in [0.2, 0.25) is 0 Å². The summed E-state index contributed by atoms with van der Waals surface area (Å²) in [5.41, 5.74) is 0.763. The molecule has 28 heavy (non-hydrogen) atoms. The molecule has 0 aromatic heterocycles. The number of likely N-dealkylation sites (N-methyl/N-ethyl adjacent to an activating group) is 1. The highest BCUT2D eigenvalue weighted by Crippen LogP contribution is 2.33. The van der Waals surface area contributed by atoms with E-state index in [9.17, 15) is 9.59 Å². The summed E-state index contributed by atoms with van der Waals surface area (Å²) >= 11 is 1.60. The number of carbonyl (C=O) groups is 2. The van der Waals surface area contributed by atoms with E-state index >= 15 is 0 Å². The van der Waals surface area contributed by atoms with E-state index in [1.165, 1.54) is 0 Å². The van der Waals surface area contributed by atoms with Crippen molar-refractivity contribution < 1.29 is 14.3 Å². The van der Waals surface area contributed by atoms with E-state index < -0.39 is 0 Å². The molecule has 0 unspecified atom stereocenters. The topological polar surface area (TPSA) is 70.7 Å². The SMILES string of the molecule is COCCCNC(=O)CN(C)CC(=O)Nc1ccccc1Sc1ccccc1. The van der Waals surface area contributed by atoms with E-state index in [1.54, 1.807) is 30.8 Å². The van der Waals surface area contributed by atoms with E-state index in [2.05, 4.69) is 10.6 Å². The van der Waals surface area contributed by atoms with Crippen LogP contribution in [0, 0.1) is 0 Å². The fourth-order valence-corrected chi connectivity index (χ4v) is 3.43. The largest absolute Gasteiger partial charge is 0.385 e. The normalized spacial score (nSPS) is 10.7. The lowest BCUT2D eigenvalue weighted by atomic mass is 10.3. The molecule has 0 saturated heterocycles. The Bertz CT molecular complexity index is 756. The molecule has 0 aliphatic carbocycles. The Labute approximate surface area is 170 Å². The van der Waals surface area contributed by atoms with E-state index in [4.69, 9.17) is 4.74 Å². The van der Waals surface area contributed by atoms with Crippen LogP contribution < -0.4 is 10.6 Å². The molecule has 0 aliphatic heterocycles. The highest BCUT2D eigenvalue weighted by molar-refractivity contribution is 7.99. The van der Waals surface area contributed by atoms with Crippen molar-refractivity contribution >= 4 is 29.3 Å². The molecule has 0 saturated carbocycles. The summed E-state index contributed by atoms with van der Waals surface area (Å²) in [7, 11) is 3.38. The summed E-state index contributed by atoms with van der Waals surface area (Å²) in [5.74, 6) is -0.262. The van der Waals surface area contributed by atoms with Crippen LogP contribution in [-0.2, 0) is 14.3 Å². The zero-order valence-electron chi connectivity index (χ0n) is 16.3. The van der Waals surface area contributed by atoms with Crippen LogP contribution in [0.4, 0.5) is 5.69 Å². The molecule has 150 valence electrons. The minimum Gasteiger partial charge on any atom is -0.385 e. The predicted molar refractivity (Wildman–Crippen MR) is 113 cm³/mol. The second-order valence-corrected chi connectivity index (χ2v) is 7.44.